The molecule has 0 fully saturated rings. The number of benzene rings is 3. The normalized spacial score (nSPS) is 11.6. The van der Waals surface area contributed by atoms with Crippen LogP contribution in [0, 0.1) is 0 Å². The highest BCUT2D eigenvalue weighted by molar-refractivity contribution is 6.02. The van der Waals surface area contributed by atoms with Crippen LogP contribution in [0.5, 0.6) is 5.75 Å². The number of nitrogens with one attached hydrogen (secondary N) is 2. The topological polar surface area (TPSA) is 62.7 Å². The maximum Gasteiger partial charge on any atom is 0.416 e. The summed E-state index contributed by atoms with van der Waals surface area (Å²) < 4.78 is 43.5. The Morgan fingerprint density at radius 1 is 1.10 bits per heavy atom. The predicted octanol–water partition coefficient (Wildman–Crippen LogP) is 4.43. The number of nitrogens with zero attached hydrogens (tertiary/aromatic N) is 1. The summed E-state index contributed by atoms with van der Waals surface area (Å²) in [4.78, 5) is 12.0. The third-order valence-electron chi connectivity index (χ3n) is 4.18. The van der Waals surface area contributed by atoms with Crippen molar-refractivity contribution in [2.45, 2.75) is 6.18 Å². The van der Waals surface area contributed by atoms with E-state index in [1.807, 2.05) is 30.3 Å². The lowest BCUT2D eigenvalue weighted by atomic mass is 10.0. The SMILES string of the molecule is COc1ccc2ccccc2c1/C=N\NC(=O)CNc1cccc(C(F)(F)F)c1. The molecule has 0 saturated carbocycles. The second kappa shape index (κ2) is 8.64. The number of anilines is 1. The van der Waals surface area contributed by atoms with E-state index in [9.17, 15) is 18.0 Å². The molecule has 2 N–H and O–H groups in total. The van der Waals surface area contributed by atoms with Crippen LogP contribution in [0.1, 0.15) is 11.1 Å². The number of ether oxygens (including phenoxy) is 1. The number of methoxy groups -OCH3 is 1. The fraction of sp³-hybridized carbons (Fsp3) is 0.143. The number of hydrazone groups is 1. The number of carbonyl (C=O) groups is 1. The summed E-state index contributed by atoms with van der Waals surface area (Å²) in [6, 6.07) is 16.0. The molecule has 0 spiro atoms. The van der Waals surface area contributed by atoms with Gasteiger partial charge in [0.1, 0.15) is 5.75 Å². The van der Waals surface area contributed by atoms with Gasteiger partial charge in [-0.05, 0) is 35.0 Å². The van der Waals surface area contributed by atoms with E-state index in [-0.39, 0.29) is 12.2 Å². The van der Waals surface area contributed by atoms with Crippen molar-refractivity contribution >= 4 is 28.6 Å². The number of hydrogen-bond acceptors (Lipinski definition) is 4. The van der Waals surface area contributed by atoms with E-state index in [1.165, 1.54) is 18.3 Å². The quantitative estimate of drug-likeness (QED) is 0.475. The maximum atomic E-state index is 12.7. The zero-order valence-corrected chi connectivity index (χ0v) is 15.5. The number of hydrogen-bond donors (Lipinski definition) is 2. The molecule has 1 amide bonds. The fourth-order valence-electron chi connectivity index (χ4n) is 2.78. The first-order valence-electron chi connectivity index (χ1n) is 8.67. The van der Waals surface area contributed by atoms with E-state index < -0.39 is 17.6 Å². The maximum absolute atomic E-state index is 12.7. The van der Waals surface area contributed by atoms with E-state index in [2.05, 4.69) is 15.8 Å². The van der Waals surface area contributed by atoms with Crippen LogP contribution in [0.4, 0.5) is 18.9 Å². The predicted molar refractivity (Wildman–Crippen MR) is 106 cm³/mol. The molecule has 0 aromatic heterocycles. The van der Waals surface area contributed by atoms with Crippen molar-refractivity contribution < 1.29 is 22.7 Å². The molecule has 0 aliphatic heterocycles. The smallest absolute Gasteiger partial charge is 0.416 e. The van der Waals surface area contributed by atoms with Crippen LogP contribution in [0.15, 0.2) is 65.8 Å². The van der Waals surface area contributed by atoms with Crippen molar-refractivity contribution in [3.05, 3.63) is 71.8 Å². The molecule has 0 heterocycles. The third kappa shape index (κ3) is 5.04. The number of amides is 1. The summed E-state index contributed by atoms with van der Waals surface area (Å²) in [7, 11) is 1.54. The minimum Gasteiger partial charge on any atom is -0.496 e. The zero-order valence-electron chi connectivity index (χ0n) is 15.5. The Balaban J connectivity index is 1.64. The molecule has 0 bridgehead atoms. The van der Waals surface area contributed by atoms with Gasteiger partial charge in [-0.2, -0.15) is 18.3 Å². The molecule has 8 heteroatoms. The van der Waals surface area contributed by atoms with Gasteiger partial charge in [0.15, 0.2) is 0 Å². The molecule has 150 valence electrons. The van der Waals surface area contributed by atoms with Gasteiger partial charge in [0.2, 0.25) is 0 Å². The van der Waals surface area contributed by atoms with Crippen LogP contribution in [0.2, 0.25) is 0 Å². The van der Waals surface area contributed by atoms with Crippen LogP contribution in [-0.2, 0) is 11.0 Å². The second-order valence-electron chi connectivity index (χ2n) is 6.13. The largest absolute Gasteiger partial charge is 0.496 e. The molecule has 0 aliphatic carbocycles. The zero-order chi connectivity index (χ0) is 20.9. The minimum absolute atomic E-state index is 0.190. The van der Waals surface area contributed by atoms with E-state index in [0.717, 1.165) is 22.9 Å². The van der Waals surface area contributed by atoms with Gasteiger partial charge in [-0.1, -0.05) is 36.4 Å². The Labute approximate surface area is 165 Å². The Hall–Kier alpha value is -3.55. The van der Waals surface area contributed by atoms with Gasteiger partial charge in [0, 0.05) is 11.3 Å². The summed E-state index contributed by atoms with van der Waals surface area (Å²) >= 11 is 0. The summed E-state index contributed by atoms with van der Waals surface area (Å²) in [5, 5.41) is 8.49. The molecular weight excluding hydrogens is 383 g/mol. The highest BCUT2D eigenvalue weighted by Gasteiger charge is 2.30. The number of rotatable bonds is 6. The van der Waals surface area contributed by atoms with E-state index in [0.29, 0.717) is 11.3 Å². The Morgan fingerprint density at radius 3 is 2.66 bits per heavy atom. The molecule has 3 aromatic carbocycles. The van der Waals surface area contributed by atoms with Gasteiger partial charge in [-0.15, -0.1) is 0 Å². The lowest BCUT2D eigenvalue weighted by Gasteiger charge is -2.10. The second-order valence-corrected chi connectivity index (χ2v) is 6.13. The van der Waals surface area contributed by atoms with Crippen LogP contribution < -0.4 is 15.5 Å². The molecule has 5 nitrogen and oxygen atoms in total. The van der Waals surface area contributed by atoms with Crippen LogP contribution in [-0.4, -0.2) is 25.8 Å². The summed E-state index contributed by atoms with van der Waals surface area (Å²) in [5.74, 6) is 0.0988. The first kappa shape index (κ1) is 20.2. The molecule has 3 rings (SSSR count). The van der Waals surface area contributed by atoms with Crippen LogP contribution >= 0.6 is 0 Å². The van der Waals surface area contributed by atoms with Gasteiger partial charge in [0.25, 0.3) is 5.91 Å². The Bertz CT molecular complexity index is 1050. The van der Waals surface area contributed by atoms with E-state index in [1.54, 1.807) is 13.2 Å². The van der Waals surface area contributed by atoms with Crippen molar-refractivity contribution in [1.82, 2.24) is 5.43 Å². The van der Waals surface area contributed by atoms with Gasteiger partial charge in [-0.25, -0.2) is 5.43 Å². The molecular formula is C21H18F3N3O2. The number of alkyl halides is 3. The van der Waals surface area contributed by atoms with Gasteiger partial charge < -0.3 is 10.1 Å². The van der Waals surface area contributed by atoms with E-state index in [4.69, 9.17) is 4.74 Å². The highest BCUT2D eigenvalue weighted by atomic mass is 19.4. The average molecular weight is 401 g/mol. The van der Waals surface area contributed by atoms with Crippen molar-refractivity contribution in [3.8, 4) is 5.75 Å². The molecule has 29 heavy (non-hydrogen) atoms. The summed E-state index contributed by atoms with van der Waals surface area (Å²) in [6.45, 7) is -0.231. The monoisotopic (exact) mass is 401 g/mol. The highest BCUT2D eigenvalue weighted by Crippen LogP contribution is 2.30. The molecule has 0 radical (unpaired) electrons. The van der Waals surface area contributed by atoms with Gasteiger partial charge in [-0.3, -0.25) is 4.79 Å². The minimum atomic E-state index is -4.44. The lowest BCUT2D eigenvalue weighted by Crippen LogP contribution is -2.26. The van der Waals surface area contributed by atoms with Crippen molar-refractivity contribution in [3.63, 3.8) is 0 Å². The van der Waals surface area contributed by atoms with Crippen LogP contribution in [0.25, 0.3) is 10.8 Å². The lowest BCUT2D eigenvalue weighted by molar-refractivity contribution is -0.137. The summed E-state index contributed by atoms with van der Waals surface area (Å²) in [6.07, 6.45) is -2.97. The number of carbonyl (C=O) groups excluding carboxylic acids is 1. The fourth-order valence-corrected chi connectivity index (χ4v) is 2.78. The molecule has 0 saturated heterocycles. The Morgan fingerprint density at radius 2 is 1.90 bits per heavy atom. The number of halogens is 3. The molecule has 0 aliphatic rings. The van der Waals surface area contributed by atoms with Crippen molar-refractivity contribution in [2.75, 3.05) is 19.0 Å². The standard InChI is InChI=1S/C21H18F3N3O2/c1-29-19-10-9-14-5-2-3-8-17(14)18(19)12-26-27-20(28)13-25-16-7-4-6-15(11-16)21(22,23)24/h2-12,25H,13H2,1H3,(H,27,28)/b26-12-. The third-order valence-corrected chi connectivity index (χ3v) is 4.18. The van der Waals surface area contributed by atoms with Gasteiger partial charge >= 0.3 is 6.18 Å². The molecule has 0 atom stereocenters. The Kier molecular flexibility index (Phi) is 6.01. The average Bonchev–Trinajstić information content (AvgIpc) is 2.72. The van der Waals surface area contributed by atoms with Crippen molar-refractivity contribution in [2.24, 2.45) is 5.10 Å². The summed E-state index contributed by atoms with van der Waals surface area (Å²) in [5.41, 5.74) is 2.46. The molecule has 3 aromatic rings. The molecule has 0 unspecified atom stereocenters. The first-order chi connectivity index (χ1) is 13.9. The van der Waals surface area contributed by atoms with Crippen LogP contribution in [0.3, 0.4) is 0 Å². The number of fused-ring (bicyclic) bond motifs is 1. The first-order valence-corrected chi connectivity index (χ1v) is 8.67. The van der Waals surface area contributed by atoms with Gasteiger partial charge in [0.05, 0.1) is 25.4 Å². The van der Waals surface area contributed by atoms with Crippen molar-refractivity contribution in [1.29, 1.82) is 0 Å². The van der Waals surface area contributed by atoms with E-state index >= 15 is 0 Å².